The first-order valence-corrected chi connectivity index (χ1v) is 7.26. The maximum absolute atomic E-state index is 9.88. The van der Waals surface area contributed by atoms with E-state index in [9.17, 15) is 5.11 Å². The molecule has 2 heteroatoms. The third kappa shape index (κ3) is 4.10. The van der Waals surface area contributed by atoms with Crippen molar-refractivity contribution >= 4 is 0 Å². The van der Waals surface area contributed by atoms with Crippen LogP contribution < -0.4 is 4.74 Å². The summed E-state index contributed by atoms with van der Waals surface area (Å²) < 4.78 is 5.80. The van der Waals surface area contributed by atoms with Gasteiger partial charge in [-0.1, -0.05) is 68.3 Å². The molecule has 0 aromatic heterocycles. The van der Waals surface area contributed by atoms with Crippen LogP contribution in [0, 0.1) is 0 Å². The van der Waals surface area contributed by atoms with Crippen molar-refractivity contribution in [2.45, 2.75) is 32.3 Å². The Morgan fingerprint density at radius 3 is 2.45 bits per heavy atom. The fourth-order valence-electron chi connectivity index (χ4n) is 2.16. The van der Waals surface area contributed by atoms with Gasteiger partial charge in [-0.3, -0.25) is 0 Å². The highest BCUT2D eigenvalue weighted by atomic mass is 16.5. The Kier molecular flexibility index (Phi) is 5.63. The lowest BCUT2D eigenvalue weighted by Crippen LogP contribution is -2.17. The number of benzene rings is 2. The first-order valence-electron chi connectivity index (χ1n) is 7.26. The van der Waals surface area contributed by atoms with Gasteiger partial charge in [0.15, 0.2) is 0 Å². The molecule has 0 fully saturated rings. The number of ether oxygens (including phenoxy) is 1. The highest BCUT2D eigenvalue weighted by Crippen LogP contribution is 2.29. The highest BCUT2D eigenvalue weighted by molar-refractivity contribution is 5.70. The summed E-state index contributed by atoms with van der Waals surface area (Å²) in [5, 5.41) is 9.88. The molecule has 0 bridgehead atoms. The lowest BCUT2D eigenvalue weighted by atomic mass is 10.0. The molecule has 1 atom stereocenters. The molecule has 0 saturated heterocycles. The molecule has 0 aliphatic carbocycles. The molecule has 0 aliphatic heterocycles. The molecule has 0 spiro atoms. The Morgan fingerprint density at radius 2 is 1.70 bits per heavy atom. The monoisotopic (exact) mass is 270 g/mol. The minimum atomic E-state index is -0.390. The summed E-state index contributed by atoms with van der Waals surface area (Å²) in [5.74, 6) is 0.828. The van der Waals surface area contributed by atoms with E-state index in [1.807, 2.05) is 42.5 Å². The molecule has 1 N–H and O–H groups in total. The number of hydrogen-bond donors (Lipinski definition) is 1. The van der Waals surface area contributed by atoms with Crippen LogP contribution in [0.1, 0.15) is 26.2 Å². The molecule has 0 heterocycles. The summed E-state index contributed by atoms with van der Waals surface area (Å²) in [7, 11) is 0. The van der Waals surface area contributed by atoms with E-state index >= 15 is 0 Å². The van der Waals surface area contributed by atoms with Crippen molar-refractivity contribution in [2.75, 3.05) is 6.61 Å². The van der Waals surface area contributed by atoms with Crippen LogP contribution in [-0.4, -0.2) is 17.8 Å². The van der Waals surface area contributed by atoms with E-state index in [0.717, 1.165) is 36.1 Å². The van der Waals surface area contributed by atoms with Crippen molar-refractivity contribution in [3.63, 3.8) is 0 Å². The van der Waals surface area contributed by atoms with Crippen molar-refractivity contribution < 1.29 is 9.84 Å². The fraction of sp³-hybridized carbons (Fsp3) is 0.333. The van der Waals surface area contributed by atoms with E-state index in [-0.39, 0.29) is 0 Å². The van der Waals surface area contributed by atoms with Gasteiger partial charge in [-0.25, -0.2) is 0 Å². The summed E-state index contributed by atoms with van der Waals surface area (Å²) in [6, 6.07) is 18.1. The number of aliphatic hydroxyl groups is 1. The van der Waals surface area contributed by atoms with Crippen molar-refractivity contribution in [2.24, 2.45) is 0 Å². The standard InChI is InChI=1S/C18H22O2/c1-2-3-11-16(19)14-20-18-13-8-7-12-17(18)15-9-5-4-6-10-15/h4-10,12-13,16,19H,2-3,11,14H2,1H3. The van der Waals surface area contributed by atoms with Crippen LogP contribution in [0.4, 0.5) is 0 Å². The van der Waals surface area contributed by atoms with Crippen molar-refractivity contribution in [1.82, 2.24) is 0 Å². The second-order valence-electron chi connectivity index (χ2n) is 4.97. The Balaban J connectivity index is 2.05. The maximum atomic E-state index is 9.88. The molecule has 2 rings (SSSR count). The maximum Gasteiger partial charge on any atom is 0.127 e. The van der Waals surface area contributed by atoms with Crippen LogP contribution in [-0.2, 0) is 0 Å². The zero-order valence-electron chi connectivity index (χ0n) is 12.0. The first-order chi connectivity index (χ1) is 9.81. The number of aliphatic hydroxyl groups excluding tert-OH is 1. The highest BCUT2D eigenvalue weighted by Gasteiger charge is 2.08. The summed E-state index contributed by atoms with van der Waals surface area (Å²) in [6.07, 6.45) is 2.53. The summed E-state index contributed by atoms with van der Waals surface area (Å²) in [6.45, 7) is 2.47. The normalized spacial score (nSPS) is 12.1. The van der Waals surface area contributed by atoms with Gasteiger partial charge in [-0.2, -0.15) is 0 Å². The van der Waals surface area contributed by atoms with E-state index in [0.29, 0.717) is 6.61 Å². The second kappa shape index (κ2) is 7.71. The van der Waals surface area contributed by atoms with Gasteiger partial charge in [-0.15, -0.1) is 0 Å². The fourth-order valence-corrected chi connectivity index (χ4v) is 2.16. The van der Waals surface area contributed by atoms with Crippen LogP contribution in [0.3, 0.4) is 0 Å². The zero-order chi connectivity index (χ0) is 14.2. The Bertz CT molecular complexity index is 508. The number of para-hydroxylation sites is 1. The Morgan fingerprint density at radius 1 is 1.00 bits per heavy atom. The third-order valence-electron chi connectivity index (χ3n) is 3.29. The minimum absolute atomic E-state index is 0.351. The van der Waals surface area contributed by atoms with E-state index in [4.69, 9.17) is 4.74 Å². The number of rotatable bonds is 7. The van der Waals surface area contributed by atoms with E-state index in [1.54, 1.807) is 0 Å². The molecule has 2 nitrogen and oxygen atoms in total. The SMILES string of the molecule is CCCCC(O)COc1ccccc1-c1ccccc1. The van der Waals surface area contributed by atoms with Gasteiger partial charge in [-0.05, 0) is 18.1 Å². The van der Waals surface area contributed by atoms with Crippen LogP contribution in [0.15, 0.2) is 54.6 Å². The smallest absolute Gasteiger partial charge is 0.127 e. The van der Waals surface area contributed by atoms with Gasteiger partial charge in [0.25, 0.3) is 0 Å². The van der Waals surface area contributed by atoms with E-state index in [2.05, 4.69) is 19.1 Å². The van der Waals surface area contributed by atoms with Crippen LogP contribution in [0.5, 0.6) is 5.75 Å². The molecular formula is C18H22O2. The van der Waals surface area contributed by atoms with Gasteiger partial charge < -0.3 is 9.84 Å². The van der Waals surface area contributed by atoms with E-state index in [1.165, 1.54) is 0 Å². The average Bonchev–Trinajstić information content (AvgIpc) is 2.52. The Labute approximate surface area is 121 Å². The molecule has 0 radical (unpaired) electrons. The van der Waals surface area contributed by atoms with Crippen molar-refractivity contribution in [3.05, 3.63) is 54.6 Å². The topological polar surface area (TPSA) is 29.5 Å². The number of unbranched alkanes of at least 4 members (excludes halogenated alkanes) is 1. The molecule has 0 amide bonds. The van der Waals surface area contributed by atoms with Gasteiger partial charge in [0.05, 0.1) is 6.10 Å². The molecule has 106 valence electrons. The zero-order valence-corrected chi connectivity index (χ0v) is 12.0. The minimum Gasteiger partial charge on any atom is -0.490 e. The molecule has 2 aromatic carbocycles. The predicted molar refractivity (Wildman–Crippen MR) is 82.9 cm³/mol. The van der Waals surface area contributed by atoms with Gasteiger partial charge in [0.1, 0.15) is 12.4 Å². The molecule has 20 heavy (non-hydrogen) atoms. The molecule has 2 aromatic rings. The van der Waals surface area contributed by atoms with Crippen LogP contribution >= 0.6 is 0 Å². The molecule has 0 aliphatic rings. The van der Waals surface area contributed by atoms with Crippen molar-refractivity contribution in [1.29, 1.82) is 0 Å². The molecular weight excluding hydrogens is 248 g/mol. The van der Waals surface area contributed by atoms with Crippen LogP contribution in [0.25, 0.3) is 11.1 Å². The first kappa shape index (κ1) is 14.6. The van der Waals surface area contributed by atoms with Crippen LogP contribution in [0.2, 0.25) is 0 Å². The lowest BCUT2D eigenvalue weighted by molar-refractivity contribution is 0.0983. The lowest BCUT2D eigenvalue weighted by Gasteiger charge is -2.15. The Hall–Kier alpha value is -1.80. The predicted octanol–water partition coefficient (Wildman–Crippen LogP) is 4.28. The summed E-state index contributed by atoms with van der Waals surface area (Å²) >= 11 is 0. The third-order valence-corrected chi connectivity index (χ3v) is 3.29. The number of hydrogen-bond acceptors (Lipinski definition) is 2. The molecule has 0 saturated carbocycles. The van der Waals surface area contributed by atoms with Gasteiger partial charge in [0, 0.05) is 5.56 Å². The summed E-state index contributed by atoms with van der Waals surface area (Å²) in [4.78, 5) is 0. The quantitative estimate of drug-likeness (QED) is 0.813. The largest absolute Gasteiger partial charge is 0.490 e. The second-order valence-corrected chi connectivity index (χ2v) is 4.97. The summed E-state index contributed by atoms with van der Waals surface area (Å²) in [5.41, 5.74) is 2.20. The van der Waals surface area contributed by atoms with Crippen molar-refractivity contribution in [3.8, 4) is 16.9 Å². The van der Waals surface area contributed by atoms with E-state index < -0.39 is 6.10 Å². The van der Waals surface area contributed by atoms with Gasteiger partial charge >= 0.3 is 0 Å². The average molecular weight is 270 g/mol. The molecule has 1 unspecified atom stereocenters. The van der Waals surface area contributed by atoms with Gasteiger partial charge in [0.2, 0.25) is 0 Å².